The Morgan fingerprint density at radius 1 is 1.13 bits per heavy atom. The van der Waals surface area contributed by atoms with Gasteiger partial charge in [0.15, 0.2) is 0 Å². The van der Waals surface area contributed by atoms with Crippen LogP contribution in [0.15, 0.2) is 42.5 Å². The topological polar surface area (TPSA) is 38.3 Å². The molecule has 2 aromatic rings. The molecule has 0 saturated heterocycles. The summed E-state index contributed by atoms with van der Waals surface area (Å²) in [6, 6.07) is 11.7. The van der Waals surface area contributed by atoms with Gasteiger partial charge < -0.3 is 10.1 Å². The molecule has 0 radical (unpaired) electrons. The second kappa shape index (κ2) is 7.22. The van der Waals surface area contributed by atoms with Crippen LogP contribution in [-0.2, 0) is 0 Å². The van der Waals surface area contributed by atoms with Crippen molar-refractivity contribution in [2.24, 2.45) is 0 Å². The summed E-state index contributed by atoms with van der Waals surface area (Å²) in [6.45, 7) is 2.72. The molecule has 3 nitrogen and oxygen atoms in total. The van der Waals surface area contributed by atoms with Gasteiger partial charge in [-0.05, 0) is 50.1 Å². The molecule has 0 fully saturated rings. The lowest BCUT2D eigenvalue weighted by Gasteiger charge is -2.16. The van der Waals surface area contributed by atoms with E-state index in [2.05, 4.69) is 10.1 Å². The van der Waals surface area contributed by atoms with Gasteiger partial charge in [-0.2, -0.15) is 8.78 Å². The van der Waals surface area contributed by atoms with Crippen LogP contribution in [0.2, 0.25) is 0 Å². The summed E-state index contributed by atoms with van der Waals surface area (Å²) in [5.41, 5.74) is 3.19. The highest BCUT2D eigenvalue weighted by molar-refractivity contribution is 5.96. The number of nitrogens with one attached hydrogen (secondary N) is 1. The lowest BCUT2D eigenvalue weighted by atomic mass is 10.0. The van der Waals surface area contributed by atoms with Crippen LogP contribution in [0.3, 0.4) is 0 Å². The smallest absolute Gasteiger partial charge is 0.387 e. The molecule has 23 heavy (non-hydrogen) atoms. The molecule has 0 aliphatic rings. The Hall–Kier alpha value is -2.43. The minimum absolute atomic E-state index is 0.0744. The molecule has 0 heterocycles. The number of carbonyl (C=O) groups is 1. The van der Waals surface area contributed by atoms with Crippen molar-refractivity contribution >= 4 is 5.91 Å². The fourth-order valence-electron chi connectivity index (χ4n) is 2.30. The summed E-state index contributed by atoms with van der Waals surface area (Å²) in [4.78, 5) is 12.4. The van der Waals surface area contributed by atoms with Gasteiger partial charge in [0.1, 0.15) is 5.75 Å². The number of aryl methyl sites for hydroxylation is 2. The Morgan fingerprint density at radius 3 is 2.57 bits per heavy atom. The molecule has 0 spiro atoms. The molecule has 1 N–H and O–H groups in total. The molecule has 122 valence electrons. The van der Waals surface area contributed by atoms with E-state index in [1.807, 2.05) is 32.0 Å². The van der Waals surface area contributed by atoms with Crippen molar-refractivity contribution in [1.82, 2.24) is 5.32 Å². The number of rotatable bonds is 5. The molecular formula is C18H19F2NO2. The molecule has 0 aliphatic heterocycles. The van der Waals surface area contributed by atoms with E-state index >= 15 is 0 Å². The number of benzene rings is 2. The highest BCUT2D eigenvalue weighted by Crippen LogP contribution is 2.21. The van der Waals surface area contributed by atoms with Crippen LogP contribution in [0, 0.1) is 13.8 Å². The van der Waals surface area contributed by atoms with Crippen LogP contribution in [-0.4, -0.2) is 12.5 Å². The SMILES string of the molecule is Cc1ccc(C)c(C(=O)N[C@H](C)c2cccc(OC(F)F)c2)c1. The Bertz CT molecular complexity index is 701. The number of amides is 1. The van der Waals surface area contributed by atoms with E-state index in [0.29, 0.717) is 11.1 Å². The van der Waals surface area contributed by atoms with Gasteiger partial charge in [-0.3, -0.25) is 4.79 Å². The van der Waals surface area contributed by atoms with E-state index in [1.54, 1.807) is 19.1 Å². The van der Waals surface area contributed by atoms with E-state index < -0.39 is 6.61 Å². The van der Waals surface area contributed by atoms with Gasteiger partial charge in [-0.25, -0.2) is 0 Å². The molecule has 0 aliphatic carbocycles. The molecule has 0 bridgehead atoms. The zero-order chi connectivity index (χ0) is 17.0. The summed E-state index contributed by atoms with van der Waals surface area (Å²) in [6.07, 6.45) is 0. The quantitative estimate of drug-likeness (QED) is 0.887. The molecule has 1 amide bonds. The van der Waals surface area contributed by atoms with Gasteiger partial charge in [0, 0.05) is 5.56 Å². The fourth-order valence-corrected chi connectivity index (χ4v) is 2.30. The van der Waals surface area contributed by atoms with Gasteiger partial charge >= 0.3 is 6.61 Å². The Kier molecular flexibility index (Phi) is 5.32. The van der Waals surface area contributed by atoms with E-state index in [9.17, 15) is 13.6 Å². The van der Waals surface area contributed by atoms with Crippen LogP contribution >= 0.6 is 0 Å². The molecule has 2 aromatic carbocycles. The molecule has 0 unspecified atom stereocenters. The molecule has 5 heteroatoms. The van der Waals surface area contributed by atoms with Crippen molar-refractivity contribution in [2.75, 3.05) is 0 Å². The van der Waals surface area contributed by atoms with Crippen LogP contribution in [0.4, 0.5) is 8.78 Å². The number of ether oxygens (including phenoxy) is 1. The minimum Gasteiger partial charge on any atom is -0.435 e. The third-order valence-electron chi connectivity index (χ3n) is 3.57. The Morgan fingerprint density at radius 2 is 1.87 bits per heavy atom. The first-order valence-corrected chi connectivity index (χ1v) is 7.29. The van der Waals surface area contributed by atoms with Crippen molar-refractivity contribution < 1.29 is 18.3 Å². The third-order valence-corrected chi connectivity index (χ3v) is 3.57. The van der Waals surface area contributed by atoms with Crippen LogP contribution in [0.5, 0.6) is 5.75 Å². The number of hydrogen-bond acceptors (Lipinski definition) is 2. The third kappa shape index (κ3) is 4.52. The first-order chi connectivity index (χ1) is 10.9. The van der Waals surface area contributed by atoms with Crippen molar-refractivity contribution in [1.29, 1.82) is 0 Å². The average Bonchev–Trinajstić information content (AvgIpc) is 2.49. The van der Waals surface area contributed by atoms with Gasteiger partial charge in [0.05, 0.1) is 6.04 Å². The second-order valence-electron chi connectivity index (χ2n) is 5.46. The lowest BCUT2D eigenvalue weighted by Crippen LogP contribution is -2.27. The largest absolute Gasteiger partial charge is 0.435 e. The summed E-state index contributed by atoms with van der Waals surface area (Å²) < 4.78 is 28.9. The second-order valence-corrected chi connectivity index (χ2v) is 5.46. The first kappa shape index (κ1) is 16.9. The van der Waals surface area contributed by atoms with Crippen LogP contribution in [0.25, 0.3) is 0 Å². The highest BCUT2D eigenvalue weighted by Gasteiger charge is 2.14. The predicted molar refractivity (Wildman–Crippen MR) is 84.9 cm³/mol. The number of alkyl halides is 2. The number of halogens is 2. The summed E-state index contributed by atoms with van der Waals surface area (Å²) in [5, 5.41) is 2.88. The lowest BCUT2D eigenvalue weighted by molar-refractivity contribution is -0.0499. The first-order valence-electron chi connectivity index (χ1n) is 7.29. The Labute approximate surface area is 134 Å². The minimum atomic E-state index is -2.87. The van der Waals surface area contributed by atoms with Crippen molar-refractivity contribution in [3.8, 4) is 5.75 Å². The van der Waals surface area contributed by atoms with E-state index in [1.165, 1.54) is 12.1 Å². The van der Waals surface area contributed by atoms with E-state index in [0.717, 1.165) is 11.1 Å². The van der Waals surface area contributed by atoms with Gasteiger partial charge in [0.25, 0.3) is 5.91 Å². The molecular weight excluding hydrogens is 300 g/mol. The number of carbonyl (C=O) groups excluding carboxylic acids is 1. The predicted octanol–water partition coefficient (Wildman–Crippen LogP) is 4.40. The van der Waals surface area contributed by atoms with Gasteiger partial charge in [0.2, 0.25) is 0 Å². The normalized spacial score (nSPS) is 12.1. The monoisotopic (exact) mass is 319 g/mol. The Balaban J connectivity index is 2.13. The summed E-state index contributed by atoms with van der Waals surface area (Å²) in [5.74, 6) is -0.121. The summed E-state index contributed by atoms with van der Waals surface area (Å²) in [7, 11) is 0. The van der Waals surface area contributed by atoms with E-state index in [-0.39, 0.29) is 17.7 Å². The van der Waals surface area contributed by atoms with Crippen molar-refractivity contribution in [3.05, 3.63) is 64.7 Å². The standard InChI is InChI=1S/C18H19F2NO2/c1-11-7-8-12(2)16(9-11)17(22)21-13(3)14-5-4-6-15(10-14)23-18(19)20/h4-10,13,18H,1-3H3,(H,21,22)/t13-/m1/s1. The van der Waals surface area contributed by atoms with E-state index in [4.69, 9.17) is 0 Å². The zero-order valence-electron chi connectivity index (χ0n) is 13.3. The van der Waals surface area contributed by atoms with Crippen LogP contribution in [0.1, 0.15) is 40.0 Å². The molecule has 1 atom stereocenters. The molecule has 0 saturated carbocycles. The maximum atomic E-state index is 12.4. The molecule has 2 rings (SSSR count). The zero-order valence-corrected chi connectivity index (χ0v) is 13.3. The van der Waals surface area contributed by atoms with Crippen molar-refractivity contribution in [3.63, 3.8) is 0 Å². The summed E-state index contributed by atoms with van der Waals surface area (Å²) >= 11 is 0. The maximum absolute atomic E-state index is 12.4. The van der Waals surface area contributed by atoms with Crippen molar-refractivity contribution in [2.45, 2.75) is 33.4 Å². The van der Waals surface area contributed by atoms with Gasteiger partial charge in [-0.15, -0.1) is 0 Å². The fraction of sp³-hybridized carbons (Fsp3) is 0.278. The highest BCUT2D eigenvalue weighted by atomic mass is 19.3. The van der Waals surface area contributed by atoms with Crippen LogP contribution < -0.4 is 10.1 Å². The van der Waals surface area contributed by atoms with Gasteiger partial charge in [-0.1, -0.05) is 29.8 Å². The molecule has 0 aromatic heterocycles. The number of hydrogen-bond donors (Lipinski definition) is 1. The average molecular weight is 319 g/mol. The maximum Gasteiger partial charge on any atom is 0.387 e.